The Hall–Kier alpha value is -1.10. The number of rotatable bonds is 3. The number of hydrogen-bond donors (Lipinski definition) is 1. The van der Waals surface area contributed by atoms with Crippen molar-refractivity contribution in [3.63, 3.8) is 0 Å². The minimum Gasteiger partial charge on any atom is -0.379 e. The number of carbonyl (C=O) groups excluding carboxylic acids is 1. The van der Waals surface area contributed by atoms with Gasteiger partial charge in [-0.2, -0.15) is 0 Å². The van der Waals surface area contributed by atoms with Crippen molar-refractivity contribution in [2.75, 3.05) is 31.3 Å². The van der Waals surface area contributed by atoms with Gasteiger partial charge in [-0.15, -0.1) is 6.42 Å². The lowest BCUT2D eigenvalue weighted by Crippen LogP contribution is -2.58. The predicted octanol–water partition coefficient (Wildman–Crippen LogP) is -1.25. The molecule has 19 heavy (non-hydrogen) atoms. The second-order valence-electron chi connectivity index (χ2n) is 5.15. The summed E-state index contributed by atoms with van der Waals surface area (Å²) in [6, 6.07) is -0.366. The molecule has 106 valence electrons. The first-order chi connectivity index (χ1) is 8.88. The minimum atomic E-state index is -3.07. The quantitative estimate of drug-likeness (QED) is 0.655. The van der Waals surface area contributed by atoms with Crippen molar-refractivity contribution in [2.45, 2.75) is 24.4 Å². The molecule has 0 saturated carbocycles. The summed E-state index contributed by atoms with van der Waals surface area (Å²) in [5.74, 6) is 2.17. The highest BCUT2D eigenvalue weighted by molar-refractivity contribution is 7.91. The number of nitrogens with zero attached hydrogens (tertiary/aromatic N) is 1. The third-order valence-corrected chi connectivity index (χ3v) is 5.40. The smallest absolute Gasteiger partial charge is 0.246 e. The molecule has 2 N–H and O–H groups in total. The van der Waals surface area contributed by atoms with E-state index in [4.69, 9.17) is 16.9 Å². The molecule has 2 aliphatic rings. The van der Waals surface area contributed by atoms with Crippen LogP contribution in [0.25, 0.3) is 0 Å². The van der Waals surface area contributed by atoms with Crippen molar-refractivity contribution in [2.24, 2.45) is 5.73 Å². The Bertz CT molecular complexity index is 502. The molecule has 7 heteroatoms. The summed E-state index contributed by atoms with van der Waals surface area (Å²) in [6.07, 6.45) is 6.14. The highest BCUT2D eigenvalue weighted by atomic mass is 32.2. The molecule has 2 atom stereocenters. The van der Waals surface area contributed by atoms with E-state index in [0.717, 1.165) is 0 Å². The Kier molecular flexibility index (Phi) is 3.85. The third kappa shape index (κ3) is 2.91. The van der Waals surface area contributed by atoms with Crippen LogP contribution in [0.3, 0.4) is 0 Å². The molecule has 2 saturated heterocycles. The fourth-order valence-electron chi connectivity index (χ4n) is 2.52. The Labute approximate surface area is 113 Å². The van der Waals surface area contributed by atoms with Crippen LogP contribution in [0.4, 0.5) is 0 Å². The molecule has 0 aromatic rings. The fourth-order valence-corrected chi connectivity index (χ4v) is 4.25. The van der Waals surface area contributed by atoms with Crippen molar-refractivity contribution >= 4 is 15.7 Å². The first kappa shape index (κ1) is 14.3. The molecule has 6 nitrogen and oxygen atoms in total. The van der Waals surface area contributed by atoms with Crippen molar-refractivity contribution in [3.05, 3.63) is 0 Å². The number of terminal acetylenes is 1. The monoisotopic (exact) mass is 286 g/mol. The van der Waals surface area contributed by atoms with Crippen LogP contribution in [-0.4, -0.2) is 62.1 Å². The maximum absolute atomic E-state index is 12.5. The molecule has 0 bridgehead atoms. The van der Waals surface area contributed by atoms with Gasteiger partial charge in [0.25, 0.3) is 0 Å². The lowest BCUT2D eigenvalue weighted by atomic mass is 9.97. The van der Waals surface area contributed by atoms with Crippen molar-refractivity contribution in [1.82, 2.24) is 4.90 Å². The van der Waals surface area contributed by atoms with Crippen LogP contribution in [0.15, 0.2) is 0 Å². The molecular formula is C12H18N2O4S. The summed E-state index contributed by atoms with van der Waals surface area (Å²) in [6.45, 7) is 0.680. The van der Waals surface area contributed by atoms with Gasteiger partial charge < -0.3 is 15.4 Å². The zero-order valence-corrected chi connectivity index (χ0v) is 11.5. The molecule has 0 aromatic carbocycles. The molecule has 2 aliphatic heterocycles. The Morgan fingerprint density at radius 1 is 1.58 bits per heavy atom. The van der Waals surface area contributed by atoms with E-state index >= 15 is 0 Å². The predicted molar refractivity (Wildman–Crippen MR) is 70.0 cm³/mol. The van der Waals surface area contributed by atoms with Gasteiger partial charge in [-0.25, -0.2) is 8.42 Å². The van der Waals surface area contributed by atoms with E-state index in [0.29, 0.717) is 19.4 Å². The Morgan fingerprint density at radius 2 is 2.32 bits per heavy atom. The normalized spacial score (nSPS) is 32.9. The Morgan fingerprint density at radius 3 is 2.79 bits per heavy atom. The second-order valence-corrected chi connectivity index (χ2v) is 7.38. The lowest BCUT2D eigenvalue weighted by Gasteiger charge is -2.33. The van der Waals surface area contributed by atoms with E-state index in [1.54, 1.807) is 0 Å². The van der Waals surface area contributed by atoms with Gasteiger partial charge >= 0.3 is 0 Å². The molecule has 0 aromatic heterocycles. The summed E-state index contributed by atoms with van der Waals surface area (Å²) in [7, 11) is -3.07. The van der Waals surface area contributed by atoms with Crippen molar-refractivity contribution in [1.29, 1.82) is 0 Å². The maximum Gasteiger partial charge on any atom is 0.246 e. The van der Waals surface area contributed by atoms with Gasteiger partial charge in [0.1, 0.15) is 5.54 Å². The van der Waals surface area contributed by atoms with E-state index in [-0.39, 0.29) is 36.6 Å². The number of ether oxygens (including phenoxy) is 1. The summed E-state index contributed by atoms with van der Waals surface area (Å²) in [5, 5.41) is 0. The van der Waals surface area contributed by atoms with Gasteiger partial charge in [0.05, 0.1) is 24.7 Å². The highest BCUT2D eigenvalue weighted by Gasteiger charge is 2.44. The molecular weight excluding hydrogens is 268 g/mol. The van der Waals surface area contributed by atoms with Crippen LogP contribution < -0.4 is 5.73 Å². The number of carbonyl (C=O) groups is 1. The average Bonchev–Trinajstić information content (AvgIpc) is 2.92. The maximum atomic E-state index is 12.5. The molecule has 2 heterocycles. The molecule has 0 radical (unpaired) electrons. The summed E-state index contributed by atoms with van der Waals surface area (Å²) in [5.41, 5.74) is 4.97. The van der Waals surface area contributed by atoms with E-state index in [2.05, 4.69) is 5.92 Å². The SMILES string of the molecule is C#CCN(C(=O)C1(N)CCOC1)C1CCS(=O)(=O)C1. The van der Waals surface area contributed by atoms with Crippen LogP contribution in [0.2, 0.25) is 0 Å². The Balaban J connectivity index is 2.17. The standard InChI is InChI=1S/C12H18N2O4S/c1-2-5-14(10-3-7-19(16,17)8-10)11(15)12(13)4-6-18-9-12/h1,10H,3-9,13H2. The molecule has 0 spiro atoms. The zero-order valence-electron chi connectivity index (χ0n) is 10.7. The van der Waals surface area contributed by atoms with Gasteiger partial charge in [-0.05, 0) is 12.8 Å². The molecule has 1 amide bonds. The van der Waals surface area contributed by atoms with Gasteiger partial charge in [0.2, 0.25) is 5.91 Å². The lowest BCUT2D eigenvalue weighted by molar-refractivity contribution is -0.138. The summed E-state index contributed by atoms with van der Waals surface area (Å²) >= 11 is 0. The fraction of sp³-hybridized carbons (Fsp3) is 0.750. The van der Waals surface area contributed by atoms with E-state index in [9.17, 15) is 13.2 Å². The molecule has 2 fully saturated rings. The topological polar surface area (TPSA) is 89.7 Å². The van der Waals surface area contributed by atoms with Crippen LogP contribution in [0, 0.1) is 12.3 Å². The van der Waals surface area contributed by atoms with E-state index < -0.39 is 15.4 Å². The van der Waals surface area contributed by atoms with Crippen molar-refractivity contribution in [3.8, 4) is 12.3 Å². The second kappa shape index (κ2) is 5.12. The first-order valence-corrected chi connectivity index (χ1v) is 8.02. The number of nitrogens with two attached hydrogens (primary N) is 1. The van der Waals surface area contributed by atoms with E-state index in [1.807, 2.05) is 0 Å². The number of amides is 1. The van der Waals surface area contributed by atoms with Crippen LogP contribution in [0.1, 0.15) is 12.8 Å². The molecule has 2 unspecified atom stereocenters. The van der Waals surface area contributed by atoms with Gasteiger partial charge in [0.15, 0.2) is 9.84 Å². The van der Waals surface area contributed by atoms with Gasteiger partial charge in [-0.1, -0.05) is 5.92 Å². The van der Waals surface area contributed by atoms with E-state index in [1.165, 1.54) is 4.90 Å². The minimum absolute atomic E-state index is 0.0304. The van der Waals surface area contributed by atoms with Gasteiger partial charge in [-0.3, -0.25) is 4.79 Å². The third-order valence-electron chi connectivity index (χ3n) is 3.65. The zero-order chi connectivity index (χ0) is 14.1. The van der Waals surface area contributed by atoms with Crippen molar-refractivity contribution < 1.29 is 17.9 Å². The van der Waals surface area contributed by atoms with Crippen LogP contribution in [-0.2, 0) is 19.4 Å². The summed E-state index contributed by atoms with van der Waals surface area (Å²) < 4.78 is 28.2. The number of sulfone groups is 1. The largest absolute Gasteiger partial charge is 0.379 e. The molecule has 2 rings (SSSR count). The van der Waals surface area contributed by atoms with Crippen LogP contribution >= 0.6 is 0 Å². The first-order valence-electron chi connectivity index (χ1n) is 6.19. The summed E-state index contributed by atoms with van der Waals surface area (Å²) in [4.78, 5) is 13.9. The molecule has 0 aliphatic carbocycles. The number of hydrogen-bond acceptors (Lipinski definition) is 5. The average molecular weight is 286 g/mol. The van der Waals surface area contributed by atoms with Crippen LogP contribution in [0.5, 0.6) is 0 Å². The van der Waals surface area contributed by atoms with Gasteiger partial charge in [0, 0.05) is 12.6 Å². The highest BCUT2D eigenvalue weighted by Crippen LogP contribution is 2.24.